The second kappa shape index (κ2) is 3.28. The molecule has 0 saturated heterocycles. The molecule has 0 nitrogen and oxygen atoms in total. The second-order valence-electron chi connectivity index (χ2n) is 9.56. The average Bonchev–Trinajstić information content (AvgIpc) is 2.87. The largest absolute Gasteiger partial charge is 0.0768 e. The third kappa shape index (κ3) is 1.11. The number of hydrogen-bond acceptors (Lipinski definition) is 0. The predicted molar refractivity (Wildman–Crippen MR) is 85.4 cm³/mol. The maximum atomic E-state index is 2.68. The SMILES string of the molecule is CC12CCC(C=C1C1=CC3CCC1(C)C3(C)C)C2(C)C. The van der Waals surface area contributed by atoms with Gasteiger partial charge in [-0.05, 0) is 70.3 Å². The van der Waals surface area contributed by atoms with E-state index in [2.05, 4.69) is 53.7 Å². The second-order valence-corrected chi connectivity index (χ2v) is 9.56. The summed E-state index contributed by atoms with van der Waals surface area (Å²) in [5, 5.41) is 0. The molecule has 2 saturated carbocycles. The van der Waals surface area contributed by atoms with Gasteiger partial charge in [-0.1, -0.05) is 53.7 Å². The van der Waals surface area contributed by atoms with E-state index in [1.807, 2.05) is 0 Å². The molecule has 0 aliphatic heterocycles. The zero-order valence-corrected chi connectivity index (χ0v) is 14.1. The zero-order chi connectivity index (χ0) is 14.6. The molecule has 2 fully saturated rings. The zero-order valence-electron chi connectivity index (χ0n) is 14.1. The van der Waals surface area contributed by atoms with Gasteiger partial charge in [-0.15, -0.1) is 0 Å². The summed E-state index contributed by atoms with van der Waals surface area (Å²) in [6, 6.07) is 0. The molecular weight excluding hydrogens is 240 g/mol. The Morgan fingerprint density at radius 3 is 1.25 bits per heavy atom. The van der Waals surface area contributed by atoms with Gasteiger partial charge in [-0.3, -0.25) is 0 Å². The van der Waals surface area contributed by atoms with Crippen molar-refractivity contribution in [3.05, 3.63) is 23.3 Å². The van der Waals surface area contributed by atoms with Gasteiger partial charge in [0.15, 0.2) is 0 Å². The van der Waals surface area contributed by atoms with Crippen LogP contribution in [-0.2, 0) is 0 Å². The summed E-state index contributed by atoms with van der Waals surface area (Å²) in [6.07, 6.45) is 11.0. The van der Waals surface area contributed by atoms with Crippen molar-refractivity contribution in [2.45, 2.75) is 67.2 Å². The van der Waals surface area contributed by atoms with Gasteiger partial charge in [0.2, 0.25) is 0 Å². The minimum absolute atomic E-state index is 0.424. The van der Waals surface area contributed by atoms with Crippen LogP contribution in [0.25, 0.3) is 0 Å². The normalized spacial score (nSPS) is 50.5. The first-order valence-electron chi connectivity index (χ1n) is 8.59. The molecule has 0 spiro atoms. The molecule has 20 heavy (non-hydrogen) atoms. The van der Waals surface area contributed by atoms with E-state index >= 15 is 0 Å². The topological polar surface area (TPSA) is 0 Å². The Balaban J connectivity index is 1.83. The van der Waals surface area contributed by atoms with Crippen LogP contribution in [-0.4, -0.2) is 0 Å². The summed E-state index contributed by atoms with van der Waals surface area (Å²) < 4.78 is 0. The van der Waals surface area contributed by atoms with Crippen molar-refractivity contribution in [2.24, 2.45) is 33.5 Å². The fraction of sp³-hybridized carbons (Fsp3) is 0.800. The molecule has 0 aromatic heterocycles. The van der Waals surface area contributed by atoms with Crippen LogP contribution in [0, 0.1) is 33.5 Å². The number of hydrogen-bond donors (Lipinski definition) is 0. The lowest BCUT2D eigenvalue weighted by Crippen LogP contribution is -2.35. The highest BCUT2D eigenvalue weighted by Gasteiger charge is 2.63. The summed E-state index contributed by atoms with van der Waals surface area (Å²) in [7, 11) is 0. The van der Waals surface area contributed by atoms with Crippen LogP contribution in [0.5, 0.6) is 0 Å². The van der Waals surface area contributed by atoms with Crippen LogP contribution in [0.1, 0.15) is 67.2 Å². The lowest BCUT2D eigenvalue weighted by Gasteiger charge is -2.44. The molecule has 0 heterocycles. The fourth-order valence-corrected chi connectivity index (χ4v) is 6.16. The van der Waals surface area contributed by atoms with E-state index in [1.165, 1.54) is 25.7 Å². The van der Waals surface area contributed by atoms with E-state index in [4.69, 9.17) is 0 Å². The van der Waals surface area contributed by atoms with E-state index in [0.717, 1.165) is 11.8 Å². The quantitative estimate of drug-likeness (QED) is 0.569. The van der Waals surface area contributed by atoms with Crippen LogP contribution in [0.15, 0.2) is 23.3 Å². The van der Waals surface area contributed by atoms with Gasteiger partial charge >= 0.3 is 0 Å². The number of fused-ring (bicyclic) bond motifs is 4. The van der Waals surface area contributed by atoms with Gasteiger partial charge in [-0.2, -0.15) is 0 Å². The van der Waals surface area contributed by atoms with Crippen LogP contribution >= 0.6 is 0 Å². The third-order valence-electron chi connectivity index (χ3n) is 8.82. The van der Waals surface area contributed by atoms with Crippen molar-refractivity contribution in [3.8, 4) is 0 Å². The molecule has 110 valence electrons. The van der Waals surface area contributed by atoms with Crippen LogP contribution < -0.4 is 0 Å². The van der Waals surface area contributed by atoms with E-state index in [9.17, 15) is 0 Å². The molecule has 4 bridgehead atoms. The molecule has 0 N–H and O–H groups in total. The highest BCUT2D eigenvalue weighted by molar-refractivity contribution is 5.52. The van der Waals surface area contributed by atoms with Gasteiger partial charge < -0.3 is 0 Å². The molecule has 4 atom stereocenters. The number of allylic oxidation sites excluding steroid dienone is 4. The summed E-state index contributed by atoms with van der Waals surface area (Å²) in [5.41, 5.74) is 5.27. The Morgan fingerprint density at radius 1 is 0.700 bits per heavy atom. The van der Waals surface area contributed by atoms with E-state index in [1.54, 1.807) is 11.1 Å². The third-order valence-corrected chi connectivity index (χ3v) is 8.82. The van der Waals surface area contributed by atoms with Gasteiger partial charge in [0, 0.05) is 0 Å². The molecule has 0 aromatic carbocycles. The molecule has 0 aromatic rings. The van der Waals surface area contributed by atoms with Gasteiger partial charge in [0.1, 0.15) is 0 Å². The van der Waals surface area contributed by atoms with Crippen LogP contribution in [0.3, 0.4) is 0 Å². The lowest BCUT2D eigenvalue weighted by atomic mass is 9.60. The lowest BCUT2D eigenvalue weighted by molar-refractivity contribution is 0.150. The predicted octanol–water partition coefficient (Wildman–Crippen LogP) is 5.75. The molecule has 4 aliphatic rings. The van der Waals surface area contributed by atoms with E-state index in [-0.39, 0.29) is 0 Å². The van der Waals surface area contributed by atoms with Crippen molar-refractivity contribution in [2.75, 3.05) is 0 Å². The molecule has 4 aliphatic carbocycles. The van der Waals surface area contributed by atoms with Gasteiger partial charge in [0.05, 0.1) is 0 Å². The smallest absolute Gasteiger partial charge is 0.00185 e. The summed E-state index contributed by atoms with van der Waals surface area (Å²) >= 11 is 0. The maximum Gasteiger partial charge on any atom is -0.00185 e. The first kappa shape index (κ1) is 13.2. The maximum absolute atomic E-state index is 2.68. The van der Waals surface area contributed by atoms with Crippen molar-refractivity contribution in [1.82, 2.24) is 0 Å². The average molecular weight is 270 g/mol. The summed E-state index contributed by atoms with van der Waals surface area (Å²) in [5.74, 6) is 1.63. The van der Waals surface area contributed by atoms with E-state index in [0.29, 0.717) is 21.7 Å². The van der Waals surface area contributed by atoms with Crippen molar-refractivity contribution in [1.29, 1.82) is 0 Å². The molecule has 0 radical (unpaired) electrons. The van der Waals surface area contributed by atoms with Gasteiger partial charge in [0.25, 0.3) is 0 Å². The minimum Gasteiger partial charge on any atom is -0.0768 e. The van der Waals surface area contributed by atoms with Crippen molar-refractivity contribution < 1.29 is 0 Å². The first-order valence-corrected chi connectivity index (χ1v) is 8.59. The first-order chi connectivity index (χ1) is 9.14. The highest BCUT2D eigenvalue weighted by atomic mass is 14.7. The Bertz CT molecular complexity index is 494. The minimum atomic E-state index is 0.424. The standard InChI is InChI=1S/C20H30/c1-17(2)13-7-9-19(17,5)15(11-13)16-12-14-8-10-20(16,6)18(14,3)4/h11-14H,7-10H2,1-6H3. The van der Waals surface area contributed by atoms with Crippen LogP contribution in [0.4, 0.5) is 0 Å². The fourth-order valence-electron chi connectivity index (χ4n) is 6.16. The molecule has 0 heteroatoms. The highest BCUT2D eigenvalue weighted by Crippen LogP contribution is 2.73. The summed E-state index contributed by atoms with van der Waals surface area (Å²) in [6.45, 7) is 15.1. The van der Waals surface area contributed by atoms with Gasteiger partial charge in [-0.25, -0.2) is 0 Å². The molecular formula is C20H30. The monoisotopic (exact) mass is 270 g/mol. The Kier molecular flexibility index (Phi) is 2.16. The Hall–Kier alpha value is -0.520. The summed E-state index contributed by atoms with van der Waals surface area (Å²) in [4.78, 5) is 0. The Labute approximate surface area is 124 Å². The Morgan fingerprint density at radius 2 is 1.05 bits per heavy atom. The van der Waals surface area contributed by atoms with Crippen molar-refractivity contribution in [3.63, 3.8) is 0 Å². The van der Waals surface area contributed by atoms with E-state index < -0.39 is 0 Å². The number of rotatable bonds is 1. The molecule has 4 rings (SSSR count). The van der Waals surface area contributed by atoms with Crippen molar-refractivity contribution >= 4 is 0 Å². The molecule has 0 amide bonds. The van der Waals surface area contributed by atoms with Crippen LogP contribution in [0.2, 0.25) is 0 Å². The molecule has 4 unspecified atom stereocenters.